The molecule has 0 atom stereocenters. The van der Waals surface area contributed by atoms with E-state index in [0.717, 1.165) is 12.1 Å². The number of alkyl halides is 3. The fourth-order valence-corrected chi connectivity index (χ4v) is 2.67. The Morgan fingerprint density at radius 2 is 1.96 bits per heavy atom. The van der Waals surface area contributed by atoms with Gasteiger partial charge >= 0.3 is 12.2 Å². The first kappa shape index (κ1) is 18.0. The number of carbonyl (C=O) groups is 1. The van der Waals surface area contributed by atoms with Crippen molar-refractivity contribution in [2.75, 3.05) is 18.4 Å². The SMILES string of the molecule is O=C(Nc1cccc(C(F)(F)F)c1)N1CCC(Oc2cccnn2)CC1. The van der Waals surface area contributed by atoms with Crippen LogP contribution in [0.15, 0.2) is 42.6 Å². The van der Waals surface area contributed by atoms with Crippen LogP contribution < -0.4 is 10.1 Å². The van der Waals surface area contributed by atoms with Crippen molar-refractivity contribution in [3.05, 3.63) is 48.2 Å². The Morgan fingerprint density at radius 1 is 1.19 bits per heavy atom. The summed E-state index contributed by atoms with van der Waals surface area (Å²) in [6, 6.07) is 7.57. The maximum Gasteiger partial charge on any atom is 0.416 e. The van der Waals surface area contributed by atoms with Crippen molar-refractivity contribution in [3.63, 3.8) is 0 Å². The Kier molecular flexibility index (Phi) is 5.24. The molecule has 0 aliphatic carbocycles. The van der Waals surface area contributed by atoms with E-state index in [0.29, 0.717) is 31.8 Å². The molecule has 2 heterocycles. The summed E-state index contributed by atoms with van der Waals surface area (Å²) in [6.07, 6.45) is -1.77. The number of ether oxygens (including phenoxy) is 1. The van der Waals surface area contributed by atoms with E-state index >= 15 is 0 Å². The van der Waals surface area contributed by atoms with Gasteiger partial charge in [0.25, 0.3) is 0 Å². The number of nitrogens with zero attached hydrogens (tertiary/aromatic N) is 3. The first-order valence-corrected chi connectivity index (χ1v) is 8.09. The van der Waals surface area contributed by atoms with Gasteiger partial charge in [-0.1, -0.05) is 6.07 Å². The molecule has 1 N–H and O–H groups in total. The third kappa shape index (κ3) is 4.62. The van der Waals surface area contributed by atoms with E-state index in [2.05, 4.69) is 15.5 Å². The monoisotopic (exact) mass is 366 g/mol. The van der Waals surface area contributed by atoms with E-state index in [4.69, 9.17) is 4.74 Å². The van der Waals surface area contributed by atoms with E-state index in [1.165, 1.54) is 12.1 Å². The van der Waals surface area contributed by atoms with Gasteiger partial charge in [-0.25, -0.2) is 4.79 Å². The topological polar surface area (TPSA) is 67.4 Å². The molecule has 138 valence electrons. The lowest BCUT2D eigenvalue weighted by Gasteiger charge is -2.31. The number of anilines is 1. The van der Waals surface area contributed by atoms with Gasteiger partial charge in [0, 0.05) is 43.9 Å². The van der Waals surface area contributed by atoms with E-state index < -0.39 is 17.8 Å². The highest BCUT2D eigenvalue weighted by Gasteiger charge is 2.31. The fraction of sp³-hybridized carbons (Fsp3) is 0.353. The van der Waals surface area contributed by atoms with Crippen molar-refractivity contribution >= 4 is 11.7 Å². The predicted octanol–water partition coefficient (Wildman–Crippen LogP) is 3.57. The highest BCUT2D eigenvalue weighted by atomic mass is 19.4. The van der Waals surface area contributed by atoms with Gasteiger partial charge in [0.1, 0.15) is 6.10 Å². The second kappa shape index (κ2) is 7.59. The summed E-state index contributed by atoms with van der Waals surface area (Å²) in [6.45, 7) is 0.880. The lowest BCUT2D eigenvalue weighted by molar-refractivity contribution is -0.137. The molecule has 1 fully saturated rings. The molecule has 0 saturated carbocycles. The normalized spacial score (nSPS) is 15.6. The molecular weight excluding hydrogens is 349 g/mol. The van der Waals surface area contributed by atoms with Crippen LogP contribution in [0.3, 0.4) is 0 Å². The van der Waals surface area contributed by atoms with Crippen LogP contribution in [0.2, 0.25) is 0 Å². The van der Waals surface area contributed by atoms with Crippen LogP contribution in [0.1, 0.15) is 18.4 Å². The number of benzene rings is 1. The molecule has 1 aromatic carbocycles. The highest BCUT2D eigenvalue weighted by Crippen LogP contribution is 2.30. The quantitative estimate of drug-likeness (QED) is 0.902. The van der Waals surface area contributed by atoms with Gasteiger partial charge in [-0.2, -0.15) is 18.3 Å². The number of hydrogen-bond donors (Lipinski definition) is 1. The van der Waals surface area contributed by atoms with Gasteiger partial charge in [0.15, 0.2) is 0 Å². The molecule has 1 aliphatic heterocycles. The molecule has 1 saturated heterocycles. The van der Waals surface area contributed by atoms with E-state index in [1.54, 1.807) is 23.2 Å². The molecule has 0 spiro atoms. The summed E-state index contributed by atoms with van der Waals surface area (Å²) in [7, 11) is 0. The van der Waals surface area contributed by atoms with Crippen molar-refractivity contribution in [2.24, 2.45) is 0 Å². The van der Waals surface area contributed by atoms with Crippen LogP contribution in [0.4, 0.5) is 23.7 Å². The van der Waals surface area contributed by atoms with Gasteiger partial charge in [-0.3, -0.25) is 0 Å². The minimum Gasteiger partial charge on any atom is -0.473 e. The standard InChI is InChI=1S/C17H17F3N4O2/c18-17(19,20)12-3-1-4-13(11-12)22-16(25)24-9-6-14(7-10-24)26-15-5-2-8-21-23-15/h1-5,8,11,14H,6-7,9-10H2,(H,22,25). The lowest BCUT2D eigenvalue weighted by atomic mass is 10.1. The number of likely N-dealkylation sites (tertiary alicyclic amines) is 1. The summed E-state index contributed by atoms with van der Waals surface area (Å²) < 4.78 is 43.9. The number of piperidine rings is 1. The van der Waals surface area contributed by atoms with Crippen LogP contribution in [0.25, 0.3) is 0 Å². The van der Waals surface area contributed by atoms with Gasteiger partial charge in [0.2, 0.25) is 5.88 Å². The van der Waals surface area contributed by atoms with E-state index in [9.17, 15) is 18.0 Å². The average Bonchev–Trinajstić information content (AvgIpc) is 2.63. The summed E-state index contributed by atoms with van der Waals surface area (Å²) in [5, 5.41) is 10.1. The molecule has 6 nitrogen and oxygen atoms in total. The molecule has 9 heteroatoms. The number of hydrogen-bond acceptors (Lipinski definition) is 4. The Morgan fingerprint density at radius 3 is 2.62 bits per heavy atom. The first-order valence-electron chi connectivity index (χ1n) is 8.09. The van der Waals surface area contributed by atoms with E-state index in [-0.39, 0.29) is 11.8 Å². The van der Waals surface area contributed by atoms with Crippen molar-refractivity contribution in [3.8, 4) is 5.88 Å². The molecule has 26 heavy (non-hydrogen) atoms. The second-order valence-electron chi connectivity index (χ2n) is 5.87. The molecule has 1 aliphatic rings. The molecule has 2 amide bonds. The zero-order chi connectivity index (χ0) is 18.6. The third-order valence-corrected chi connectivity index (χ3v) is 4.01. The molecular formula is C17H17F3N4O2. The zero-order valence-electron chi connectivity index (χ0n) is 13.7. The van der Waals surface area contributed by atoms with Crippen molar-refractivity contribution in [1.29, 1.82) is 0 Å². The molecule has 3 rings (SSSR count). The van der Waals surface area contributed by atoms with Crippen molar-refractivity contribution in [1.82, 2.24) is 15.1 Å². The average molecular weight is 366 g/mol. The number of halogens is 3. The number of carbonyl (C=O) groups excluding carboxylic acids is 1. The van der Waals surface area contributed by atoms with Crippen LogP contribution in [0, 0.1) is 0 Å². The van der Waals surface area contributed by atoms with Crippen LogP contribution in [-0.2, 0) is 6.18 Å². The summed E-state index contributed by atoms with van der Waals surface area (Å²) in [5.41, 5.74) is -0.686. The summed E-state index contributed by atoms with van der Waals surface area (Å²) in [5.74, 6) is 0.430. The zero-order valence-corrected chi connectivity index (χ0v) is 13.7. The molecule has 2 aromatic rings. The Bertz CT molecular complexity index is 747. The first-order chi connectivity index (χ1) is 12.4. The maximum atomic E-state index is 12.7. The smallest absolute Gasteiger partial charge is 0.416 e. The van der Waals surface area contributed by atoms with Gasteiger partial charge < -0.3 is 15.0 Å². The van der Waals surface area contributed by atoms with Crippen molar-refractivity contribution < 1.29 is 22.7 Å². The van der Waals surface area contributed by atoms with Crippen LogP contribution >= 0.6 is 0 Å². The minimum absolute atomic E-state index is 0.0793. The second-order valence-corrected chi connectivity index (χ2v) is 5.87. The lowest BCUT2D eigenvalue weighted by Crippen LogP contribution is -2.43. The molecule has 0 radical (unpaired) electrons. The number of rotatable bonds is 3. The fourth-order valence-electron chi connectivity index (χ4n) is 2.67. The van der Waals surface area contributed by atoms with Crippen LogP contribution in [0.5, 0.6) is 5.88 Å². The number of amides is 2. The highest BCUT2D eigenvalue weighted by molar-refractivity contribution is 5.89. The third-order valence-electron chi connectivity index (χ3n) is 4.01. The Labute approximate surface area is 148 Å². The molecule has 1 aromatic heterocycles. The van der Waals surface area contributed by atoms with E-state index in [1.807, 2.05) is 0 Å². The molecule has 0 unspecified atom stereocenters. The summed E-state index contributed by atoms with van der Waals surface area (Å²) >= 11 is 0. The number of urea groups is 1. The molecule has 0 bridgehead atoms. The number of nitrogens with one attached hydrogen (secondary N) is 1. The Balaban J connectivity index is 1.52. The number of aromatic nitrogens is 2. The maximum absolute atomic E-state index is 12.7. The van der Waals surface area contributed by atoms with Gasteiger partial charge in [0.05, 0.1) is 5.56 Å². The minimum atomic E-state index is -4.45. The van der Waals surface area contributed by atoms with Gasteiger partial charge in [-0.15, -0.1) is 5.10 Å². The largest absolute Gasteiger partial charge is 0.473 e. The van der Waals surface area contributed by atoms with Crippen molar-refractivity contribution in [2.45, 2.75) is 25.1 Å². The van der Waals surface area contributed by atoms with Gasteiger partial charge in [-0.05, 0) is 24.3 Å². The Hall–Kier alpha value is -2.84. The summed E-state index contributed by atoms with van der Waals surface area (Å²) in [4.78, 5) is 13.8. The predicted molar refractivity (Wildman–Crippen MR) is 87.7 cm³/mol. The van der Waals surface area contributed by atoms with Crippen LogP contribution in [-0.4, -0.2) is 40.3 Å².